The van der Waals surface area contributed by atoms with Gasteiger partial charge in [0.25, 0.3) is 5.69 Å². The number of anilines is 1. The van der Waals surface area contributed by atoms with E-state index in [-0.39, 0.29) is 5.69 Å². The molecule has 4 aromatic rings. The predicted molar refractivity (Wildman–Crippen MR) is 122 cm³/mol. The van der Waals surface area contributed by atoms with Gasteiger partial charge in [0.1, 0.15) is 0 Å². The lowest BCUT2D eigenvalue weighted by Crippen LogP contribution is -2.03. The molecule has 0 saturated heterocycles. The van der Waals surface area contributed by atoms with Crippen molar-refractivity contribution in [2.24, 2.45) is 5.10 Å². The van der Waals surface area contributed by atoms with Crippen LogP contribution in [0.5, 0.6) is 0 Å². The molecule has 0 saturated carbocycles. The van der Waals surface area contributed by atoms with Crippen LogP contribution in [0.25, 0.3) is 22.6 Å². The fraction of sp³-hybridized carbons (Fsp3) is 0.0417. The van der Waals surface area contributed by atoms with Crippen LogP contribution in [0.3, 0.4) is 0 Å². The van der Waals surface area contributed by atoms with E-state index in [9.17, 15) is 10.1 Å². The summed E-state index contributed by atoms with van der Waals surface area (Å²) in [6.07, 6.45) is 0. The summed E-state index contributed by atoms with van der Waals surface area (Å²) in [7, 11) is 0. The van der Waals surface area contributed by atoms with E-state index in [1.54, 1.807) is 12.1 Å². The largest absolute Gasteiger partial charge is 0.269 e. The summed E-state index contributed by atoms with van der Waals surface area (Å²) in [5.41, 5.74) is 7.15. The molecule has 31 heavy (non-hydrogen) atoms. The van der Waals surface area contributed by atoms with Crippen LogP contribution in [0.15, 0.2) is 96.1 Å². The third-order valence-corrected chi connectivity index (χ3v) is 4.66. The van der Waals surface area contributed by atoms with E-state index in [4.69, 9.17) is 4.98 Å². The Balaban J connectivity index is 1.67. The molecule has 7 nitrogen and oxygen atoms in total. The molecule has 1 heterocycles. The Labute approximate surface area is 179 Å². The highest BCUT2D eigenvalue weighted by Gasteiger charge is 2.09. The van der Waals surface area contributed by atoms with Crippen molar-refractivity contribution < 1.29 is 4.92 Å². The molecule has 0 bridgehead atoms. The number of benzene rings is 3. The second-order valence-electron chi connectivity index (χ2n) is 6.81. The standard InChI is InChI=1S/C24H19N5O2/c1-17(18-12-14-21(15-13-18)29(30)31)27-28-23-16-22(19-8-4-2-5-9-19)25-24(26-23)20-10-6-3-7-11-20/h2-16H,1H3,(H,25,26,28)/b27-17+. The molecule has 1 aromatic heterocycles. The molecule has 0 atom stereocenters. The highest BCUT2D eigenvalue weighted by atomic mass is 16.6. The predicted octanol–water partition coefficient (Wildman–Crippen LogP) is 5.55. The summed E-state index contributed by atoms with van der Waals surface area (Å²) in [4.78, 5) is 19.7. The first kappa shape index (κ1) is 19.9. The number of nitrogens with zero attached hydrogens (tertiary/aromatic N) is 4. The fourth-order valence-electron chi connectivity index (χ4n) is 3.01. The molecular weight excluding hydrogens is 390 g/mol. The maximum Gasteiger partial charge on any atom is 0.269 e. The molecule has 0 unspecified atom stereocenters. The minimum atomic E-state index is -0.425. The van der Waals surface area contributed by atoms with Crippen molar-refractivity contribution >= 4 is 17.2 Å². The first-order valence-corrected chi connectivity index (χ1v) is 9.65. The Morgan fingerprint density at radius 3 is 2.10 bits per heavy atom. The van der Waals surface area contributed by atoms with Gasteiger partial charge in [0, 0.05) is 29.3 Å². The van der Waals surface area contributed by atoms with Crippen molar-refractivity contribution in [3.8, 4) is 22.6 Å². The first-order valence-electron chi connectivity index (χ1n) is 9.65. The summed E-state index contributed by atoms with van der Waals surface area (Å²) >= 11 is 0. The Morgan fingerprint density at radius 2 is 1.48 bits per heavy atom. The maximum absolute atomic E-state index is 10.8. The Kier molecular flexibility index (Phi) is 5.75. The van der Waals surface area contributed by atoms with E-state index in [0.29, 0.717) is 17.4 Å². The molecule has 3 aromatic carbocycles. The highest BCUT2D eigenvalue weighted by Crippen LogP contribution is 2.24. The first-order chi connectivity index (χ1) is 15.1. The van der Waals surface area contributed by atoms with Crippen LogP contribution in [0.4, 0.5) is 11.5 Å². The average molecular weight is 409 g/mol. The van der Waals surface area contributed by atoms with Crippen molar-refractivity contribution in [1.29, 1.82) is 0 Å². The summed E-state index contributed by atoms with van der Waals surface area (Å²) < 4.78 is 0. The zero-order valence-corrected chi connectivity index (χ0v) is 16.8. The van der Waals surface area contributed by atoms with E-state index in [0.717, 1.165) is 22.4 Å². The molecule has 0 aliphatic rings. The van der Waals surface area contributed by atoms with Gasteiger partial charge < -0.3 is 0 Å². The number of nitro benzene ring substituents is 1. The van der Waals surface area contributed by atoms with Crippen molar-refractivity contribution in [3.63, 3.8) is 0 Å². The molecule has 4 rings (SSSR count). The van der Waals surface area contributed by atoms with Gasteiger partial charge in [-0.05, 0) is 24.6 Å². The van der Waals surface area contributed by atoms with Crippen LogP contribution in [0.2, 0.25) is 0 Å². The molecule has 7 heteroatoms. The van der Waals surface area contributed by atoms with Crippen LogP contribution in [0.1, 0.15) is 12.5 Å². The van der Waals surface area contributed by atoms with E-state index < -0.39 is 4.92 Å². The monoisotopic (exact) mass is 409 g/mol. The van der Waals surface area contributed by atoms with Crippen LogP contribution >= 0.6 is 0 Å². The van der Waals surface area contributed by atoms with Crippen LogP contribution in [0, 0.1) is 10.1 Å². The van der Waals surface area contributed by atoms with Gasteiger partial charge in [-0.3, -0.25) is 15.5 Å². The summed E-state index contributed by atoms with van der Waals surface area (Å²) in [5.74, 6) is 1.14. The SMILES string of the molecule is C/C(=N\Nc1cc(-c2ccccc2)nc(-c2ccccc2)n1)c1ccc([N+](=O)[O-])cc1. The Bertz CT molecular complexity index is 1170. The third-order valence-electron chi connectivity index (χ3n) is 4.66. The highest BCUT2D eigenvalue weighted by molar-refractivity contribution is 5.99. The third kappa shape index (κ3) is 4.79. The topological polar surface area (TPSA) is 93.3 Å². The van der Waals surface area contributed by atoms with Crippen LogP contribution in [-0.2, 0) is 0 Å². The van der Waals surface area contributed by atoms with E-state index in [1.807, 2.05) is 73.7 Å². The lowest BCUT2D eigenvalue weighted by atomic mass is 10.1. The molecule has 152 valence electrons. The molecule has 0 fully saturated rings. The van der Waals surface area contributed by atoms with Gasteiger partial charge in [0.2, 0.25) is 0 Å². The minimum absolute atomic E-state index is 0.0420. The summed E-state index contributed by atoms with van der Waals surface area (Å²) in [6.45, 7) is 1.82. The smallest absolute Gasteiger partial charge is 0.261 e. The van der Waals surface area contributed by atoms with Gasteiger partial charge in [-0.1, -0.05) is 60.7 Å². The van der Waals surface area contributed by atoms with Crippen molar-refractivity contribution in [1.82, 2.24) is 9.97 Å². The van der Waals surface area contributed by atoms with Crippen LogP contribution < -0.4 is 5.43 Å². The number of nitrogens with one attached hydrogen (secondary N) is 1. The molecule has 0 aliphatic heterocycles. The molecule has 0 spiro atoms. The molecule has 1 N–H and O–H groups in total. The molecule has 0 amide bonds. The molecular formula is C24H19N5O2. The van der Waals surface area contributed by atoms with E-state index in [2.05, 4.69) is 15.5 Å². The van der Waals surface area contributed by atoms with Gasteiger partial charge >= 0.3 is 0 Å². The second-order valence-corrected chi connectivity index (χ2v) is 6.81. The number of nitro groups is 1. The molecule has 0 aliphatic carbocycles. The molecule has 0 radical (unpaired) electrons. The van der Waals surface area contributed by atoms with E-state index >= 15 is 0 Å². The second kappa shape index (κ2) is 8.96. The van der Waals surface area contributed by atoms with Gasteiger partial charge in [-0.25, -0.2) is 9.97 Å². The minimum Gasteiger partial charge on any atom is -0.261 e. The summed E-state index contributed by atoms with van der Waals surface area (Å²) in [6, 6.07) is 27.7. The lowest BCUT2D eigenvalue weighted by Gasteiger charge is -2.09. The number of aromatic nitrogens is 2. The van der Waals surface area contributed by atoms with Crippen molar-refractivity contribution in [3.05, 3.63) is 107 Å². The summed E-state index contributed by atoms with van der Waals surface area (Å²) in [5, 5.41) is 15.3. The van der Waals surface area contributed by atoms with Gasteiger partial charge in [0.05, 0.1) is 16.3 Å². The zero-order valence-electron chi connectivity index (χ0n) is 16.8. The van der Waals surface area contributed by atoms with E-state index in [1.165, 1.54) is 12.1 Å². The number of hydrogen-bond acceptors (Lipinski definition) is 6. The maximum atomic E-state index is 10.8. The van der Waals surface area contributed by atoms with Gasteiger partial charge in [-0.15, -0.1) is 0 Å². The quantitative estimate of drug-likeness (QED) is 0.256. The number of hydrogen-bond donors (Lipinski definition) is 1. The number of non-ortho nitro benzene ring substituents is 1. The van der Waals surface area contributed by atoms with Crippen molar-refractivity contribution in [2.75, 3.05) is 5.43 Å². The number of rotatable bonds is 6. The van der Waals surface area contributed by atoms with Gasteiger partial charge in [-0.2, -0.15) is 5.10 Å². The Morgan fingerprint density at radius 1 is 0.871 bits per heavy atom. The normalized spacial score (nSPS) is 11.2. The van der Waals surface area contributed by atoms with Crippen LogP contribution in [-0.4, -0.2) is 20.6 Å². The zero-order chi connectivity index (χ0) is 21.6. The number of hydrazone groups is 1. The fourth-order valence-corrected chi connectivity index (χ4v) is 3.01. The van der Waals surface area contributed by atoms with Crippen molar-refractivity contribution in [2.45, 2.75) is 6.92 Å². The van der Waals surface area contributed by atoms with Gasteiger partial charge in [0.15, 0.2) is 11.6 Å². The average Bonchev–Trinajstić information content (AvgIpc) is 2.83. The Hall–Kier alpha value is -4.39. The lowest BCUT2D eigenvalue weighted by molar-refractivity contribution is -0.384.